The van der Waals surface area contributed by atoms with E-state index < -0.39 is 0 Å². The Balaban J connectivity index is 1.69. The van der Waals surface area contributed by atoms with Crippen molar-refractivity contribution in [2.24, 2.45) is 7.05 Å². The zero-order chi connectivity index (χ0) is 19.2. The fourth-order valence-corrected chi connectivity index (χ4v) is 3.59. The Morgan fingerprint density at radius 3 is 3.04 bits per heavy atom. The average Bonchev–Trinajstić information content (AvgIpc) is 3.31. The van der Waals surface area contributed by atoms with Crippen LogP contribution in [0.1, 0.15) is 18.5 Å². The summed E-state index contributed by atoms with van der Waals surface area (Å²) < 4.78 is 13.9. The van der Waals surface area contributed by atoms with Gasteiger partial charge in [-0.15, -0.1) is 5.10 Å². The van der Waals surface area contributed by atoms with Crippen LogP contribution in [0.5, 0.6) is 5.75 Å². The summed E-state index contributed by atoms with van der Waals surface area (Å²) in [5.74, 6) is 0.478. The quantitative estimate of drug-likeness (QED) is 0.621. The second-order valence-electron chi connectivity index (χ2n) is 6.14. The first-order valence-electron chi connectivity index (χ1n) is 8.57. The summed E-state index contributed by atoms with van der Waals surface area (Å²) in [4.78, 5) is 24.5. The number of hydrogen-bond donors (Lipinski definition) is 1. The van der Waals surface area contributed by atoms with E-state index in [2.05, 4.69) is 20.8 Å². The first kappa shape index (κ1) is 19.4. The summed E-state index contributed by atoms with van der Waals surface area (Å²) >= 11 is 1.38. The fraction of sp³-hybridized carbons (Fsp3) is 0.562. The Kier molecular flexibility index (Phi) is 6.45. The highest BCUT2D eigenvalue weighted by atomic mass is 32.2. The first-order chi connectivity index (χ1) is 13.1. The molecular weight excluding hydrogens is 372 g/mol. The topological polar surface area (TPSA) is 113 Å². The van der Waals surface area contributed by atoms with Crippen molar-refractivity contribution in [2.75, 3.05) is 20.3 Å². The molecule has 1 saturated heterocycles. The molecule has 10 nitrogen and oxygen atoms in total. The summed E-state index contributed by atoms with van der Waals surface area (Å²) in [5.41, 5.74) is 0.446. The van der Waals surface area contributed by atoms with Gasteiger partial charge in [0.15, 0.2) is 5.75 Å². The predicted octanol–water partition coefficient (Wildman–Crippen LogP) is -0.0321. The number of tetrazole rings is 1. The predicted molar refractivity (Wildman–Crippen MR) is 97.6 cm³/mol. The van der Waals surface area contributed by atoms with Crippen molar-refractivity contribution in [3.63, 3.8) is 0 Å². The van der Waals surface area contributed by atoms with Crippen molar-refractivity contribution in [3.05, 3.63) is 28.2 Å². The molecule has 1 N–H and O–H groups in total. The van der Waals surface area contributed by atoms with Crippen molar-refractivity contribution < 1.29 is 14.3 Å². The molecule has 1 aliphatic rings. The maximum Gasteiger partial charge on any atom is 0.240 e. The molecule has 0 aromatic carbocycles. The lowest BCUT2D eigenvalue weighted by Crippen LogP contribution is -2.34. The molecule has 3 rings (SSSR count). The largest absolute Gasteiger partial charge is 0.491 e. The summed E-state index contributed by atoms with van der Waals surface area (Å²) in [7, 11) is 3.17. The number of nitrogens with one attached hydrogen (secondary N) is 1. The molecule has 0 spiro atoms. The van der Waals surface area contributed by atoms with Gasteiger partial charge >= 0.3 is 0 Å². The highest BCUT2D eigenvalue weighted by Gasteiger charge is 2.17. The summed E-state index contributed by atoms with van der Waals surface area (Å²) in [6.45, 7) is 1.32. The number of rotatable bonds is 8. The molecule has 146 valence electrons. The highest BCUT2D eigenvalue weighted by Crippen LogP contribution is 2.20. The first-order valence-corrected chi connectivity index (χ1v) is 9.56. The van der Waals surface area contributed by atoms with Crippen molar-refractivity contribution in [2.45, 2.75) is 36.4 Å². The van der Waals surface area contributed by atoms with Crippen molar-refractivity contribution in [1.29, 1.82) is 0 Å². The van der Waals surface area contributed by atoms with E-state index in [1.165, 1.54) is 24.9 Å². The average molecular weight is 394 g/mol. The highest BCUT2D eigenvalue weighted by molar-refractivity contribution is 7.98. The molecule has 2 aromatic rings. The lowest BCUT2D eigenvalue weighted by Gasteiger charge is -2.15. The van der Waals surface area contributed by atoms with Crippen LogP contribution in [0, 0.1) is 0 Å². The van der Waals surface area contributed by atoms with E-state index >= 15 is 0 Å². The molecule has 2 aromatic heterocycles. The maximum absolute atomic E-state index is 12.3. The van der Waals surface area contributed by atoms with Crippen LogP contribution in [-0.2, 0) is 28.9 Å². The number of carbonyl (C=O) groups excluding carboxylic acids is 1. The number of thioether (sulfide) groups is 1. The minimum Gasteiger partial charge on any atom is -0.491 e. The maximum atomic E-state index is 12.3. The van der Waals surface area contributed by atoms with Crippen molar-refractivity contribution in [1.82, 2.24) is 30.1 Å². The van der Waals surface area contributed by atoms with Gasteiger partial charge in [0.05, 0.1) is 19.4 Å². The number of ether oxygens (including phenoxy) is 2. The van der Waals surface area contributed by atoms with Crippen LogP contribution in [0.3, 0.4) is 0 Å². The van der Waals surface area contributed by atoms with Crippen molar-refractivity contribution >= 4 is 17.7 Å². The number of amides is 1. The molecule has 1 atom stereocenters. The Morgan fingerprint density at radius 2 is 2.37 bits per heavy atom. The van der Waals surface area contributed by atoms with E-state index in [1.807, 2.05) is 0 Å². The number of pyridine rings is 1. The molecule has 11 heteroatoms. The van der Waals surface area contributed by atoms with E-state index in [0.29, 0.717) is 23.1 Å². The minimum atomic E-state index is -0.236. The Hall–Kier alpha value is -2.40. The van der Waals surface area contributed by atoms with Gasteiger partial charge < -0.3 is 19.4 Å². The second kappa shape index (κ2) is 9.00. The third-order valence-corrected chi connectivity index (χ3v) is 5.24. The van der Waals surface area contributed by atoms with E-state index in [4.69, 9.17) is 9.47 Å². The van der Waals surface area contributed by atoms with E-state index in [-0.39, 0.29) is 29.7 Å². The van der Waals surface area contributed by atoms with Crippen LogP contribution in [0.15, 0.2) is 22.2 Å². The van der Waals surface area contributed by atoms with Gasteiger partial charge in [-0.3, -0.25) is 9.59 Å². The number of aryl methyl sites for hydroxylation is 1. The van der Waals surface area contributed by atoms with E-state index in [1.54, 1.807) is 22.5 Å². The second-order valence-corrected chi connectivity index (χ2v) is 7.08. The van der Waals surface area contributed by atoms with Crippen molar-refractivity contribution in [3.8, 4) is 5.75 Å². The van der Waals surface area contributed by atoms with Gasteiger partial charge in [0.1, 0.15) is 6.54 Å². The van der Waals surface area contributed by atoms with Crippen LogP contribution in [-0.4, -0.2) is 57.0 Å². The number of methoxy groups -OCH3 is 1. The zero-order valence-electron chi connectivity index (χ0n) is 15.3. The summed E-state index contributed by atoms with van der Waals surface area (Å²) in [5, 5.41) is 14.8. The van der Waals surface area contributed by atoms with E-state index in [9.17, 15) is 9.59 Å². The third kappa shape index (κ3) is 5.07. The number of nitrogens with zero attached hydrogens (tertiary/aromatic N) is 5. The molecule has 1 aliphatic heterocycles. The zero-order valence-corrected chi connectivity index (χ0v) is 16.1. The van der Waals surface area contributed by atoms with Gasteiger partial charge in [-0.05, 0) is 23.3 Å². The molecule has 0 radical (unpaired) electrons. The molecule has 1 fully saturated rings. The van der Waals surface area contributed by atoms with Crippen LogP contribution >= 0.6 is 11.8 Å². The smallest absolute Gasteiger partial charge is 0.240 e. The van der Waals surface area contributed by atoms with E-state index in [0.717, 1.165) is 19.4 Å². The van der Waals surface area contributed by atoms with Gasteiger partial charge in [0.25, 0.3) is 0 Å². The molecule has 27 heavy (non-hydrogen) atoms. The normalized spacial score (nSPS) is 16.4. The van der Waals surface area contributed by atoms with Crippen LogP contribution in [0.25, 0.3) is 0 Å². The Labute approximate surface area is 160 Å². The Morgan fingerprint density at radius 1 is 1.52 bits per heavy atom. The van der Waals surface area contributed by atoms with Crippen LogP contribution in [0.2, 0.25) is 0 Å². The molecule has 3 heterocycles. The lowest BCUT2D eigenvalue weighted by atomic mass is 10.2. The minimum absolute atomic E-state index is 0.0796. The van der Waals surface area contributed by atoms with Gasteiger partial charge in [-0.2, -0.15) is 0 Å². The Bertz CT molecular complexity index is 846. The third-order valence-electron chi connectivity index (χ3n) is 4.20. The lowest BCUT2D eigenvalue weighted by molar-refractivity contribution is -0.122. The SMILES string of the molecule is COc1cn(CC(=O)NC[C@@H]2CCCO2)c(CSc2nnnn2C)cc1=O. The number of carbonyl (C=O) groups is 1. The number of aromatic nitrogens is 5. The van der Waals surface area contributed by atoms with Gasteiger partial charge in [-0.25, -0.2) is 4.68 Å². The monoisotopic (exact) mass is 394 g/mol. The molecule has 1 amide bonds. The fourth-order valence-electron chi connectivity index (χ4n) is 2.74. The molecule has 0 saturated carbocycles. The molecule has 0 bridgehead atoms. The molecular formula is C16H22N6O4S. The summed E-state index contributed by atoms with van der Waals surface area (Å²) in [6.07, 6.45) is 3.62. The molecule has 0 unspecified atom stereocenters. The standard InChI is InChI=1S/C16H22N6O4S/c1-21-16(18-19-20-21)27-10-11-6-13(23)14(25-2)8-22(11)9-15(24)17-7-12-4-3-5-26-12/h6,8,12H,3-5,7,9-10H2,1-2H3,(H,17,24)/t12-/m0/s1. The van der Waals surface area contributed by atoms with Gasteiger partial charge in [0.2, 0.25) is 16.5 Å². The summed E-state index contributed by atoms with van der Waals surface area (Å²) in [6, 6.07) is 1.48. The number of hydrogen-bond acceptors (Lipinski definition) is 8. The van der Waals surface area contributed by atoms with Crippen LogP contribution < -0.4 is 15.5 Å². The van der Waals surface area contributed by atoms with Crippen LogP contribution in [0.4, 0.5) is 0 Å². The van der Waals surface area contributed by atoms with Gasteiger partial charge in [-0.1, -0.05) is 11.8 Å². The molecule has 0 aliphatic carbocycles. The van der Waals surface area contributed by atoms with Gasteiger partial charge in [0, 0.05) is 37.7 Å².